The van der Waals surface area contributed by atoms with Crippen LogP contribution in [-0.2, 0) is 0 Å². The molecule has 0 spiro atoms. The Kier molecular flexibility index (Phi) is 1.71. The fourth-order valence-electron chi connectivity index (χ4n) is 1.51. The van der Waals surface area contributed by atoms with Crippen LogP contribution in [0.15, 0.2) is 24.3 Å². The lowest BCUT2D eigenvalue weighted by Gasteiger charge is -2.00. The molecule has 2 heteroatoms. The van der Waals surface area contributed by atoms with Gasteiger partial charge in [0.2, 0.25) is 0 Å². The van der Waals surface area contributed by atoms with Crippen LogP contribution >= 0.6 is 0 Å². The van der Waals surface area contributed by atoms with E-state index >= 15 is 0 Å². The van der Waals surface area contributed by atoms with Gasteiger partial charge in [0.25, 0.3) is 0 Å². The number of nitrogens with zero attached hydrogens (tertiary/aromatic N) is 1. The first kappa shape index (κ1) is 7.17. The SMILES string of the molecule is N#CC[C@@H]1COc2ccccc21. The number of hydrogen-bond donors (Lipinski definition) is 0. The van der Waals surface area contributed by atoms with Crippen LogP contribution in [0.25, 0.3) is 0 Å². The highest BCUT2D eigenvalue weighted by molar-refractivity contribution is 5.39. The minimum absolute atomic E-state index is 0.284. The number of rotatable bonds is 1. The largest absolute Gasteiger partial charge is 0.493 e. The van der Waals surface area contributed by atoms with Gasteiger partial charge in [-0.25, -0.2) is 0 Å². The first-order valence-electron chi connectivity index (χ1n) is 4.00. The third-order valence-electron chi connectivity index (χ3n) is 2.14. The van der Waals surface area contributed by atoms with Crippen molar-refractivity contribution in [2.24, 2.45) is 0 Å². The lowest BCUT2D eigenvalue weighted by atomic mass is 9.99. The molecule has 0 aromatic heterocycles. The number of para-hydroxylation sites is 1. The van der Waals surface area contributed by atoms with Crippen molar-refractivity contribution in [2.45, 2.75) is 12.3 Å². The predicted octanol–water partition coefficient (Wildman–Crippen LogP) is 2.08. The van der Waals surface area contributed by atoms with Crippen molar-refractivity contribution >= 4 is 0 Å². The van der Waals surface area contributed by atoms with E-state index in [1.807, 2.05) is 24.3 Å². The van der Waals surface area contributed by atoms with Gasteiger partial charge >= 0.3 is 0 Å². The van der Waals surface area contributed by atoms with Gasteiger partial charge < -0.3 is 4.74 Å². The van der Waals surface area contributed by atoms with Gasteiger partial charge in [-0.1, -0.05) is 18.2 Å². The van der Waals surface area contributed by atoms with Crippen molar-refractivity contribution in [2.75, 3.05) is 6.61 Å². The molecule has 2 rings (SSSR count). The van der Waals surface area contributed by atoms with Crippen LogP contribution in [0.5, 0.6) is 5.75 Å². The van der Waals surface area contributed by atoms with E-state index in [0.717, 1.165) is 5.75 Å². The van der Waals surface area contributed by atoms with E-state index in [1.165, 1.54) is 5.56 Å². The van der Waals surface area contributed by atoms with E-state index in [9.17, 15) is 0 Å². The zero-order valence-electron chi connectivity index (χ0n) is 6.66. The first-order chi connectivity index (χ1) is 5.92. The van der Waals surface area contributed by atoms with Crippen LogP contribution in [0, 0.1) is 11.3 Å². The van der Waals surface area contributed by atoms with Crippen molar-refractivity contribution < 1.29 is 4.74 Å². The average molecular weight is 159 g/mol. The first-order valence-corrected chi connectivity index (χ1v) is 4.00. The van der Waals surface area contributed by atoms with Gasteiger partial charge in [-0.2, -0.15) is 5.26 Å². The molecular formula is C10H9NO. The third-order valence-corrected chi connectivity index (χ3v) is 2.14. The summed E-state index contributed by atoms with van der Waals surface area (Å²) in [6.45, 7) is 0.660. The summed E-state index contributed by atoms with van der Waals surface area (Å²) in [7, 11) is 0. The molecule has 1 aromatic rings. The van der Waals surface area contributed by atoms with Gasteiger partial charge in [-0.05, 0) is 6.07 Å². The Hall–Kier alpha value is -1.49. The number of fused-ring (bicyclic) bond motifs is 1. The maximum Gasteiger partial charge on any atom is 0.122 e. The fourth-order valence-corrected chi connectivity index (χ4v) is 1.51. The monoisotopic (exact) mass is 159 g/mol. The Morgan fingerprint density at radius 1 is 1.50 bits per heavy atom. The Bertz CT molecular complexity index is 327. The van der Waals surface area contributed by atoms with Crippen molar-refractivity contribution in [3.63, 3.8) is 0 Å². The van der Waals surface area contributed by atoms with E-state index < -0.39 is 0 Å². The summed E-state index contributed by atoms with van der Waals surface area (Å²) in [5, 5.41) is 8.55. The highest BCUT2D eigenvalue weighted by Crippen LogP contribution is 2.34. The number of benzene rings is 1. The summed E-state index contributed by atoms with van der Waals surface area (Å²) < 4.78 is 5.41. The molecule has 60 valence electrons. The number of hydrogen-bond acceptors (Lipinski definition) is 2. The second kappa shape index (κ2) is 2.86. The van der Waals surface area contributed by atoms with Crippen LogP contribution in [-0.4, -0.2) is 6.61 Å². The van der Waals surface area contributed by atoms with Gasteiger partial charge in [0, 0.05) is 17.9 Å². The molecule has 0 amide bonds. The van der Waals surface area contributed by atoms with E-state index in [2.05, 4.69) is 6.07 Å². The summed E-state index contributed by atoms with van der Waals surface area (Å²) in [6.07, 6.45) is 0.553. The molecule has 0 bridgehead atoms. The Morgan fingerprint density at radius 3 is 3.17 bits per heavy atom. The van der Waals surface area contributed by atoms with Gasteiger partial charge in [-0.15, -0.1) is 0 Å². The lowest BCUT2D eigenvalue weighted by molar-refractivity contribution is 0.332. The minimum atomic E-state index is 0.284. The molecule has 0 N–H and O–H groups in total. The molecule has 1 atom stereocenters. The summed E-state index contributed by atoms with van der Waals surface area (Å²) in [5.74, 6) is 1.23. The van der Waals surface area contributed by atoms with Crippen LogP contribution in [0.1, 0.15) is 17.9 Å². The fraction of sp³-hybridized carbons (Fsp3) is 0.300. The quantitative estimate of drug-likeness (QED) is 0.628. The molecular weight excluding hydrogens is 150 g/mol. The maximum atomic E-state index is 8.55. The normalized spacial score (nSPS) is 19.4. The zero-order chi connectivity index (χ0) is 8.39. The second-order valence-corrected chi connectivity index (χ2v) is 2.91. The molecule has 1 aromatic carbocycles. The van der Waals surface area contributed by atoms with Crippen molar-refractivity contribution in [1.82, 2.24) is 0 Å². The standard InChI is InChI=1S/C10H9NO/c11-6-5-8-7-12-10-4-2-1-3-9(8)10/h1-4,8H,5,7H2/t8-/m1/s1. The van der Waals surface area contributed by atoms with Crippen molar-refractivity contribution in [1.29, 1.82) is 5.26 Å². The van der Waals surface area contributed by atoms with E-state index in [-0.39, 0.29) is 5.92 Å². The predicted molar refractivity (Wildman–Crippen MR) is 44.9 cm³/mol. The molecule has 0 unspecified atom stereocenters. The minimum Gasteiger partial charge on any atom is -0.493 e. The second-order valence-electron chi connectivity index (χ2n) is 2.91. The summed E-state index contributed by atoms with van der Waals surface area (Å²) in [5.41, 5.74) is 1.18. The number of ether oxygens (including phenoxy) is 1. The summed E-state index contributed by atoms with van der Waals surface area (Å²) >= 11 is 0. The van der Waals surface area contributed by atoms with Gasteiger partial charge in [-0.3, -0.25) is 0 Å². The van der Waals surface area contributed by atoms with E-state index in [0.29, 0.717) is 13.0 Å². The molecule has 0 saturated heterocycles. The molecule has 1 aliphatic rings. The van der Waals surface area contributed by atoms with Crippen LogP contribution in [0.2, 0.25) is 0 Å². The Balaban J connectivity index is 2.31. The topological polar surface area (TPSA) is 33.0 Å². The van der Waals surface area contributed by atoms with E-state index in [1.54, 1.807) is 0 Å². The molecule has 0 radical (unpaired) electrons. The third kappa shape index (κ3) is 1.04. The molecule has 1 aliphatic heterocycles. The molecule has 12 heavy (non-hydrogen) atoms. The molecule has 0 saturated carbocycles. The molecule has 0 fully saturated rings. The Labute approximate surface area is 71.4 Å². The highest BCUT2D eigenvalue weighted by atomic mass is 16.5. The van der Waals surface area contributed by atoms with Crippen molar-refractivity contribution in [3.8, 4) is 11.8 Å². The zero-order valence-corrected chi connectivity index (χ0v) is 6.66. The number of nitriles is 1. The maximum absolute atomic E-state index is 8.55. The summed E-state index contributed by atoms with van der Waals surface area (Å²) in [6, 6.07) is 10.1. The highest BCUT2D eigenvalue weighted by Gasteiger charge is 2.22. The average Bonchev–Trinajstić information content (AvgIpc) is 2.50. The molecule has 2 nitrogen and oxygen atoms in total. The smallest absolute Gasteiger partial charge is 0.122 e. The van der Waals surface area contributed by atoms with E-state index in [4.69, 9.17) is 10.00 Å². The van der Waals surface area contributed by atoms with Gasteiger partial charge in [0.05, 0.1) is 12.7 Å². The molecule has 0 aliphatic carbocycles. The van der Waals surface area contributed by atoms with Gasteiger partial charge in [0.15, 0.2) is 0 Å². The lowest BCUT2D eigenvalue weighted by Crippen LogP contribution is -1.98. The van der Waals surface area contributed by atoms with Gasteiger partial charge in [0.1, 0.15) is 5.75 Å². The summed E-state index contributed by atoms with van der Waals surface area (Å²) in [4.78, 5) is 0. The van der Waals surface area contributed by atoms with Crippen LogP contribution in [0.4, 0.5) is 0 Å². The Morgan fingerprint density at radius 2 is 2.33 bits per heavy atom. The molecule has 1 heterocycles. The van der Waals surface area contributed by atoms with Crippen molar-refractivity contribution in [3.05, 3.63) is 29.8 Å². The van der Waals surface area contributed by atoms with Crippen LogP contribution < -0.4 is 4.74 Å². The van der Waals surface area contributed by atoms with Crippen LogP contribution in [0.3, 0.4) is 0 Å².